The van der Waals surface area contributed by atoms with E-state index in [1.807, 2.05) is 61.6 Å². The molecule has 6 heteroatoms. The second kappa shape index (κ2) is 11.8. The zero-order chi connectivity index (χ0) is 24.6. The predicted molar refractivity (Wildman–Crippen MR) is 143 cm³/mol. The van der Waals surface area contributed by atoms with Crippen LogP contribution in [0.1, 0.15) is 36.6 Å². The topological polar surface area (TPSA) is 61.4 Å². The number of para-hydroxylation sites is 1. The molecule has 0 aliphatic heterocycles. The Hall–Kier alpha value is -3.51. The maximum Gasteiger partial charge on any atom is 0.234 e. The Kier molecular flexibility index (Phi) is 8.27. The van der Waals surface area contributed by atoms with E-state index in [0.717, 1.165) is 60.2 Å². The molecule has 4 rings (SSSR count). The molecule has 0 saturated carbocycles. The summed E-state index contributed by atoms with van der Waals surface area (Å²) in [6, 6.07) is 18.1. The Morgan fingerprint density at radius 2 is 1.80 bits per heavy atom. The molecule has 2 aromatic carbocycles. The molecule has 3 aromatic rings. The van der Waals surface area contributed by atoms with Gasteiger partial charge in [0, 0.05) is 19.0 Å². The van der Waals surface area contributed by atoms with Crippen LogP contribution in [0.15, 0.2) is 78.4 Å². The lowest BCUT2D eigenvalue weighted by Gasteiger charge is -2.26. The Balaban J connectivity index is 1.57. The minimum Gasteiger partial charge on any atom is -0.369 e. The van der Waals surface area contributed by atoms with Crippen molar-refractivity contribution in [2.45, 2.75) is 31.7 Å². The van der Waals surface area contributed by atoms with E-state index >= 15 is 0 Å². The van der Waals surface area contributed by atoms with Crippen LogP contribution < -0.4 is 5.32 Å². The number of aromatic nitrogens is 2. The van der Waals surface area contributed by atoms with Gasteiger partial charge in [0.1, 0.15) is 5.82 Å². The highest BCUT2D eigenvalue weighted by Gasteiger charge is 2.28. The summed E-state index contributed by atoms with van der Waals surface area (Å²) < 4.78 is 0. The lowest BCUT2D eigenvalue weighted by atomic mass is 9.85. The smallest absolute Gasteiger partial charge is 0.234 e. The summed E-state index contributed by atoms with van der Waals surface area (Å²) in [6.45, 7) is 2.18. The van der Waals surface area contributed by atoms with E-state index in [4.69, 9.17) is 9.97 Å². The number of likely N-dealkylation sites (N-methyl/N-ethyl adjacent to an activating group) is 1. The number of nitrogens with zero attached hydrogens (tertiary/aromatic N) is 4. The van der Waals surface area contributed by atoms with E-state index in [-0.39, 0.29) is 11.8 Å². The summed E-state index contributed by atoms with van der Waals surface area (Å²) in [5.41, 5.74) is 3.06. The maximum absolute atomic E-state index is 13.8. The molecular weight excluding hydrogens is 434 g/mol. The van der Waals surface area contributed by atoms with Crippen molar-refractivity contribution >= 4 is 22.6 Å². The number of hydrogen-bond acceptors (Lipinski definition) is 5. The van der Waals surface area contributed by atoms with Crippen LogP contribution >= 0.6 is 0 Å². The van der Waals surface area contributed by atoms with Crippen LogP contribution in [0.3, 0.4) is 0 Å². The third-order valence-corrected chi connectivity index (χ3v) is 6.28. The standard InChI is InChI=1S/C29H35N5O/c1-33(2)20-12-19-30-28-24-17-10-11-18-25(24)31-26(32-28)21-34(3)29(35)27(22-13-6-4-7-14-22)23-15-8-5-9-16-23/h4-8,10-11,13-15,17-18,27H,9,12,16,19-21H2,1-3H3,(H,30,31,32). The quantitative estimate of drug-likeness (QED) is 0.423. The highest BCUT2D eigenvalue weighted by atomic mass is 16.2. The normalized spacial score (nSPS) is 14.1. The van der Waals surface area contributed by atoms with E-state index in [9.17, 15) is 4.79 Å². The molecule has 1 atom stereocenters. The van der Waals surface area contributed by atoms with Crippen LogP contribution in [0.25, 0.3) is 10.9 Å². The molecule has 6 nitrogen and oxygen atoms in total. The van der Waals surface area contributed by atoms with Crippen LogP contribution in [0, 0.1) is 0 Å². The molecule has 1 aromatic heterocycles. The Morgan fingerprint density at radius 1 is 1.03 bits per heavy atom. The molecule has 1 aliphatic rings. The fraction of sp³-hybridized carbons (Fsp3) is 0.345. The number of benzene rings is 2. The van der Waals surface area contributed by atoms with Crippen molar-refractivity contribution < 1.29 is 4.79 Å². The first kappa shape index (κ1) is 24.6. The number of anilines is 1. The van der Waals surface area contributed by atoms with Crippen molar-refractivity contribution in [3.63, 3.8) is 0 Å². The van der Waals surface area contributed by atoms with E-state index in [0.29, 0.717) is 12.4 Å². The van der Waals surface area contributed by atoms with Gasteiger partial charge in [0.25, 0.3) is 0 Å². The summed E-state index contributed by atoms with van der Waals surface area (Å²) in [4.78, 5) is 27.3. The molecular formula is C29H35N5O. The fourth-order valence-electron chi connectivity index (χ4n) is 4.47. The number of amides is 1. The number of carbonyl (C=O) groups excluding carboxylic acids is 1. The van der Waals surface area contributed by atoms with Crippen molar-refractivity contribution in [1.29, 1.82) is 0 Å². The van der Waals surface area contributed by atoms with Crippen LogP contribution in [0.5, 0.6) is 0 Å². The molecule has 1 amide bonds. The van der Waals surface area contributed by atoms with Crippen molar-refractivity contribution in [3.8, 4) is 0 Å². The van der Waals surface area contributed by atoms with E-state index in [1.165, 1.54) is 0 Å². The third-order valence-electron chi connectivity index (χ3n) is 6.28. The van der Waals surface area contributed by atoms with Crippen molar-refractivity contribution in [2.75, 3.05) is 39.5 Å². The van der Waals surface area contributed by atoms with Crippen LogP contribution in [-0.2, 0) is 11.3 Å². The van der Waals surface area contributed by atoms with Gasteiger partial charge in [-0.1, -0.05) is 66.3 Å². The summed E-state index contributed by atoms with van der Waals surface area (Å²) in [5, 5.41) is 4.48. The van der Waals surface area contributed by atoms with Crippen molar-refractivity contribution in [1.82, 2.24) is 19.8 Å². The van der Waals surface area contributed by atoms with Gasteiger partial charge < -0.3 is 15.1 Å². The van der Waals surface area contributed by atoms with Crippen molar-refractivity contribution in [3.05, 3.63) is 89.8 Å². The molecule has 0 fully saturated rings. The zero-order valence-electron chi connectivity index (χ0n) is 20.9. The van der Waals surface area contributed by atoms with Gasteiger partial charge in [-0.25, -0.2) is 9.97 Å². The second-order valence-corrected chi connectivity index (χ2v) is 9.34. The fourth-order valence-corrected chi connectivity index (χ4v) is 4.47. The average Bonchev–Trinajstić information content (AvgIpc) is 2.88. The summed E-state index contributed by atoms with van der Waals surface area (Å²) >= 11 is 0. The largest absolute Gasteiger partial charge is 0.369 e. The minimum atomic E-state index is -0.296. The summed E-state index contributed by atoms with van der Waals surface area (Å²) in [5.74, 6) is 1.23. The van der Waals surface area contributed by atoms with Crippen LogP contribution in [0.4, 0.5) is 5.82 Å². The first-order valence-electron chi connectivity index (χ1n) is 12.3. The number of allylic oxidation sites excluding steroid dienone is 3. The molecule has 0 bridgehead atoms. The highest BCUT2D eigenvalue weighted by Crippen LogP contribution is 2.32. The first-order chi connectivity index (χ1) is 17.0. The van der Waals surface area contributed by atoms with E-state index in [2.05, 4.69) is 42.5 Å². The van der Waals surface area contributed by atoms with Gasteiger partial charge in [0.2, 0.25) is 5.91 Å². The van der Waals surface area contributed by atoms with Gasteiger partial charge in [0.05, 0.1) is 18.0 Å². The van der Waals surface area contributed by atoms with Gasteiger partial charge in [-0.2, -0.15) is 0 Å². The molecule has 0 spiro atoms. The lowest BCUT2D eigenvalue weighted by Crippen LogP contribution is -2.33. The Morgan fingerprint density at radius 3 is 2.54 bits per heavy atom. The van der Waals surface area contributed by atoms with E-state index in [1.54, 1.807) is 4.90 Å². The third kappa shape index (κ3) is 6.34. The van der Waals surface area contributed by atoms with Crippen molar-refractivity contribution in [2.24, 2.45) is 0 Å². The molecule has 35 heavy (non-hydrogen) atoms. The van der Waals surface area contributed by atoms with Gasteiger partial charge in [-0.05, 0) is 57.6 Å². The monoisotopic (exact) mass is 469 g/mol. The zero-order valence-corrected chi connectivity index (χ0v) is 20.9. The molecule has 0 radical (unpaired) electrons. The lowest BCUT2D eigenvalue weighted by molar-refractivity contribution is -0.131. The van der Waals surface area contributed by atoms with E-state index < -0.39 is 0 Å². The molecule has 1 N–H and O–H groups in total. The van der Waals surface area contributed by atoms with Crippen LogP contribution in [0.2, 0.25) is 0 Å². The summed E-state index contributed by atoms with van der Waals surface area (Å²) in [7, 11) is 6.00. The Bertz CT molecular complexity index is 1200. The number of rotatable bonds is 10. The van der Waals surface area contributed by atoms with Crippen LogP contribution in [-0.4, -0.2) is 59.9 Å². The molecule has 1 unspecified atom stereocenters. The molecule has 0 saturated heterocycles. The maximum atomic E-state index is 13.8. The molecule has 1 heterocycles. The van der Waals surface area contributed by atoms with Gasteiger partial charge in [-0.15, -0.1) is 0 Å². The number of fused-ring (bicyclic) bond motifs is 1. The number of nitrogens with one attached hydrogen (secondary N) is 1. The minimum absolute atomic E-state index is 0.0648. The second-order valence-electron chi connectivity index (χ2n) is 9.34. The highest BCUT2D eigenvalue weighted by molar-refractivity contribution is 5.89. The number of hydrogen-bond donors (Lipinski definition) is 1. The summed E-state index contributed by atoms with van der Waals surface area (Å²) in [6.07, 6.45) is 9.17. The van der Waals surface area contributed by atoms with Gasteiger partial charge in [-0.3, -0.25) is 4.79 Å². The van der Waals surface area contributed by atoms with Gasteiger partial charge in [0.15, 0.2) is 5.82 Å². The number of carbonyl (C=O) groups is 1. The Labute approximate surface area is 208 Å². The van der Waals surface area contributed by atoms with Gasteiger partial charge >= 0.3 is 0 Å². The first-order valence-corrected chi connectivity index (χ1v) is 12.3. The molecule has 182 valence electrons. The predicted octanol–water partition coefficient (Wildman–Crippen LogP) is 5.01. The average molecular weight is 470 g/mol. The molecule has 1 aliphatic carbocycles. The SMILES string of the molecule is CN(C)CCCNc1nc(CN(C)C(=O)C(C2=CC=CCC2)c2ccccc2)nc2ccccc12.